The summed E-state index contributed by atoms with van der Waals surface area (Å²) < 4.78 is 2.27. The van der Waals surface area contributed by atoms with Crippen molar-refractivity contribution in [2.24, 2.45) is 0 Å². The van der Waals surface area contributed by atoms with Gasteiger partial charge in [0, 0.05) is 50.0 Å². The lowest BCUT2D eigenvalue weighted by molar-refractivity contribution is -0.123. The number of hydrogen-bond donors (Lipinski definition) is 0. The van der Waals surface area contributed by atoms with E-state index in [2.05, 4.69) is 28.0 Å². The van der Waals surface area contributed by atoms with Crippen molar-refractivity contribution >= 4 is 51.8 Å². The molecule has 7 nitrogen and oxygen atoms in total. The molecule has 1 unspecified atom stereocenters. The van der Waals surface area contributed by atoms with Crippen molar-refractivity contribution in [1.82, 2.24) is 9.47 Å². The standard InChI is InChI=1S/C28H33N5O2S2/c1-5-12-32-25(31-15-13-30(14-16-31)21-10-8-7-9-11-21)22(20(4)23(18-29)26(32)34)17-24-27(35)33(19(3)6-2)28(36)37-24/h7-11,17,19H,5-6,12-16H2,1-4H3/b24-17+. The van der Waals surface area contributed by atoms with Crippen LogP contribution in [-0.2, 0) is 11.3 Å². The zero-order valence-corrected chi connectivity index (χ0v) is 23.5. The maximum Gasteiger partial charge on any atom is 0.270 e. The van der Waals surface area contributed by atoms with Gasteiger partial charge in [0.15, 0.2) is 0 Å². The Labute approximate surface area is 228 Å². The van der Waals surface area contributed by atoms with Gasteiger partial charge in [-0.2, -0.15) is 5.26 Å². The Balaban J connectivity index is 1.80. The number of pyridine rings is 1. The molecule has 2 saturated heterocycles. The van der Waals surface area contributed by atoms with Crippen molar-refractivity contribution < 1.29 is 4.79 Å². The number of carbonyl (C=O) groups excluding carboxylic acids is 1. The first-order valence-corrected chi connectivity index (χ1v) is 14.0. The molecule has 1 amide bonds. The predicted molar refractivity (Wildman–Crippen MR) is 156 cm³/mol. The molecule has 2 fully saturated rings. The average Bonchev–Trinajstić information content (AvgIpc) is 3.19. The molecule has 0 spiro atoms. The summed E-state index contributed by atoms with van der Waals surface area (Å²) in [6.45, 7) is 11.4. The molecule has 0 radical (unpaired) electrons. The number of rotatable bonds is 7. The highest BCUT2D eigenvalue weighted by Gasteiger charge is 2.36. The summed E-state index contributed by atoms with van der Waals surface area (Å²) in [4.78, 5) is 33.5. The fourth-order valence-electron chi connectivity index (χ4n) is 4.90. The second kappa shape index (κ2) is 11.5. The van der Waals surface area contributed by atoms with Crippen molar-refractivity contribution in [3.63, 3.8) is 0 Å². The second-order valence-corrected chi connectivity index (χ2v) is 11.1. The molecule has 0 N–H and O–H groups in total. The van der Waals surface area contributed by atoms with Gasteiger partial charge in [0.25, 0.3) is 11.5 Å². The number of thiocarbonyl (C=S) groups is 1. The van der Waals surface area contributed by atoms with Gasteiger partial charge in [-0.25, -0.2) is 0 Å². The number of amides is 1. The third kappa shape index (κ3) is 5.18. The fourth-order valence-corrected chi connectivity index (χ4v) is 6.35. The molecule has 9 heteroatoms. The first-order valence-electron chi connectivity index (χ1n) is 12.8. The van der Waals surface area contributed by atoms with Crippen molar-refractivity contribution in [3.8, 4) is 6.07 Å². The molecule has 1 atom stereocenters. The molecule has 37 heavy (non-hydrogen) atoms. The third-order valence-electron chi connectivity index (χ3n) is 7.12. The van der Waals surface area contributed by atoms with Gasteiger partial charge in [-0.3, -0.25) is 19.1 Å². The van der Waals surface area contributed by atoms with Crippen LogP contribution in [0.3, 0.4) is 0 Å². The molecule has 2 aromatic rings. The Bertz CT molecular complexity index is 1320. The van der Waals surface area contributed by atoms with Crippen LogP contribution >= 0.6 is 24.0 Å². The Morgan fingerprint density at radius 2 is 1.76 bits per heavy atom. The van der Waals surface area contributed by atoms with E-state index < -0.39 is 0 Å². The summed E-state index contributed by atoms with van der Waals surface area (Å²) in [6.07, 6.45) is 3.40. The molecule has 0 bridgehead atoms. The lowest BCUT2D eigenvalue weighted by Crippen LogP contribution is -2.48. The third-order valence-corrected chi connectivity index (χ3v) is 8.46. The molecule has 2 aliphatic heterocycles. The van der Waals surface area contributed by atoms with Gasteiger partial charge in [-0.1, -0.05) is 56.0 Å². The summed E-state index contributed by atoms with van der Waals surface area (Å²) in [5.41, 5.74) is 2.39. The number of thioether (sulfide) groups is 1. The molecule has 1 aromatic heterocycles. The van der Waals surface area contributed by atoms with Gasteiger partial charge in [0.05, 0.1) is 4.91 Å². The maximum atomic E-state index is 13.4. The fraction of sp³-hybridized carbons (Fsp3) is 0.429. The van der Waals surface area contributed by atoms with Gasteiger partial charge in [-0.05, 0) is 50.5 Å². The molecular weight excluding hydrogens is 502 g/mol. The zero-order valence-electron chi connectivity index (χ0n) is 21.9. The van der Waals surface area contributed by atoms with E-state index in [0.717, 1.165) is 50.4 Å². The highest BCUT2D eigenvalue weighted by atomic mass is 32.2. The van der Waals surface area contributed by atoms with Crippen molar-refractivity contribution in [3.05, 3.63) is 62.3 Å². The average molecular weight is 536 g/mol. The number of para-hydroxylation sites is 1. The van der Waals surface area contributed by atoms with E-state index in [1.165, 1.54) is 17.4 Å². The van der Waals surface area contributed by atoms with Crippen LogP contribution < -0.4 is 15.4 Å². The summed E-state index contributed by atoms with van der Waals surface area (Å²) in [7, 11) is 0. The van der Waals surface area contributed by atoms with E-state index >= 15 is 0 Å². The number of piperazine rings is 1. The van der Waals surface area contributed by atoms with Crippen LogP contribution in [0.5, 0.6) is 0 Å². The number of carbonyl (C=O) groups is 1. The quantitative estimate of drug-likeness (QED) is 0.374. The first kappa shape index (κ1) is 27.0. The van der Waals surface area contributed by atoms with Crippen LogP contribution in [0.25, 0.3) is 6.08 Å². The van der Waals surface area contributed by atoms with Gasteiger partial charge >= 0.3 is 0 Å². The van der Waals surface area contributed by atoms with Crippen molar-refractivity contribution in [2.75, 3.05) is 36.0 Å². The van der Waals surface area contributed by atoms with Crippen molar-refractivity contribution in [1.29, 1.82) is 5.26 Å². The van der Waals surface area contributed by atoms with Crippen LogP contribution in [0.2, 0.25) is 0 Å². The number of nitrogens with zero attached hydrogens (tertiary/aromatic N) is 5. The molecule has 1 aromatic carbocycles. The van der Waals surface area contributed by atoms with Crippen LogP contribution in [0.4, 0.5) is 11.5 Å². The summed E-state index contributed by atoms with van der Waals surface area (Å²) in [5, 5.41) is 9.87. The van der Waals surface area contributed by atoms with Crippen molar-refractivity contribution in [2.45, 2.75) is 53.1 Å². The SMILES string of the molecule is CCCn1c(N2CCN(c3ccccc3)CC2)c(/C=C2/SC(=S)N(C(C)CC)C2=O)c(C)c(C#N)c1=O. The van der Waals surface area contributed by atoms with Crippen LogP contribution in [0.1, 0.15) is 50.3 Å². The molecule has 194 valence electrons. The van der Waals surface area contributed by atoms with Gasteiger partial charge in [0.2, 0.25) is 0 Å². The highest BCUT2D eigenvalue weighted by molar-refractivity contribution is 8.26. The topological polar surface area (TPSA) is 72.6 Å². The highest BCUT2D eigenvalue weighted by Crippen LogP contribution is 2.37. The molecule has 0 saturated carbocycles. The van der Waals surface area contributed by atoms with Crippen LogP contribution in [0.15, 0.2) is 40.0 Å². The molecule has 3 heterocycles. The minimum Gasteiger partial charge on any atom is -0.368 e. The summed E-state index contributed by atoms with van der Waals surface area (Å²) >= 11 is 6.83. The van der Waals surface area contributed by atoms with Gasteiger partial charge < -0.3 is 9.80 Å². The number of aromatic nitrogens is 1. The summed E-state index contributed by atoms with van der Waals surface area (Å²) in [6, 6.07) is 12.4. The van der Waals surface area contributed by atoms with E-state index in [1.807, 2.05) is 45.0 Å². The Morgan fingerprint density at radius 3 is 2.35 bits per heavy atom. The smallest absolute Gasteiger partial charge is 0.270 e. The summed E-state index contributed by atoms with van der Waals surface area (Å²) in [5.74, 6) is 0.667. The lowest BCUT2D eigenvalue weighted by Gasteiger charge is -2.39. The largest absolute Gasteiger partial charge is 0.368 e. The second-order valence-electron chi connectivity index (χ2n) is 9.42. The zero-order chi connectivity index (χ0) is 26.7. The molecule has 2 aliphatic rings. The van der Waals surface area contributed by atoms with E-state index in [9.17, 15) is 14.9 Å². The number of benzene rings is 1. The Kier molecular flexibility index (Phi) is 8.40. The monoisotopic (exact) mass is 535 g/mol. The van der Waals surface area contributed by atoms with E-state index in [0.29, 0.717) is 21.3 Å². The van der Waals surface area contributed by atoms with Gasteiger partial charge in [-0.15, -0.1) is 0 Å². The lowest BCUT2D eigenvalue weighted by atomic mass is 10.0. The minimum atomic E-state index is -0.272. The van der Waals surface area contributed by atoms with E-state index in [4.69, 9.17) is 12.2 Å². The molecular formula is C28H33N5O2S2. The van der Waals surface area contributed by atoms with Gasteiger partial charge in [0.1, 0.15) is 21.8 Å². The number of hydrogen-bond acceptors (Lipinski definition) is 7. The maximum absolute atomic E-state index is 13.4. The Hall–Kier alpha value is -3.09. The van der Waals surface area contributed by atoms with E-state index in [1.54, 1.807) is 16.4 Å². The van der Waals surface area contributed by atoms with Crippen LogP contribution in [0, 0.1) is 18.3 Å². The predicted octanol–water partition coefficient (Wildman–Crippen LogP) is 4.76. The normalized spacial score (nSPS) is 18.0. The minimum absolute atomic E-state index is 0.00810. The van der Waals surface area contributed by atoms with Crippen LogP contribution in [-0.4, -0.2) is 51.9 Å². The molecule has 0 aliphatic carbocycles. The number of anilines is 2. The van der Waals surface area contributed by atoms with E-state index in [-0.39, 0.29) is 23.1 Å². The number of nitriles is 1. The Morgan fingerprint density at radius 1 is 1.11 bits per heavy atom. The molecule has 4 rings (SSSR count). The first-order chi connectivity index (χ1) is 17.8.